The van der Waals surface area contributed by atoms with E-state index in [4.69, 9.17) is 0 Å². The van der Waals surface area contributed by atoms with Gasteiger partial charge >= 0.3 is 0 Å². The van der Waals surface area contributed by atoms with Gasteiger partial charge in [-0.3, -0.25) is 4.99 Å². The summed E-state index contributed by atoms with van der Waals surface area (Å²) in [7, 11) is 2.25. The lowest BCUT2D eigenvalue weighted by molar-refractivity contribution is 0.450. The van der Waals surface area contributed by atoms with E-state index in [9.17, 15) is 8.42 Å². The Labute approximate surface area is 163 Å². The minimum atomic E-state index is -3.10. The van der Waals surface area contributed by atoms with Gasteiger partial charge in [-0.05, 0) is 18.9 Å². The largest absolute Gasteiger partial charge is 0.356 e. The van der Waals surface area contributed by atoms with Crippen LogP contribution in [-0.4, -0.2) is 63.6 Å². The molecule has 0 saturated heterocycles. The second-order valence-electron chi connectivity index (χ2n) is 5.39. The summed E-state index contributed by atoms with van der Waals surface area (Å²) in [6.07, 6.45) is 0.730. The maximum Gasteiger partial charge on any atom is 0.213 e. The second kappa shape index (κ2) is 11.6. The highest BCUT2D eigenvalue weighted by molar-refractivity contribution is 14.0. The quantitative estimate of drug-likeness (QED) is 0.274. The van der Waals surface area contributed by atoms with Crippen molar-refractivity contribution in [2.75, 3.05) is 40.0 Å². The van der Waals surface area contributed by atoms with Gasteiger partial charge in [0.05, 0.1) is 5.75 Å². The predicted molar refractivity (Wildman–Crippen MR) is 111 cm³/mol. The number of nitrogens with zero attached hydrogens (tertiary/aromatic N) is 3. The van der Waals surface area contributed by atoms with Crippen LogP contribution in [0.2, 0.25) is 0 Å². The SMILES string of the molecule is CCS(=O)(=O)N(C)CCCNC(=NC)N(C)Cc1ccccc1.I. The Morgan fingerprint density at radius 3 is 2.38 bits per heavy atom. The van der Waals surface area contributed by atoms with E-state index in [0.29, 0.717) is 13.1 Å². The van der Waals surface area contributed by atoms with Gasteiger partial charge < -0.3 is 10.2 Å². The second-order valence-corrected chi connectivity index (χ2v) is 7.76. The number of nitrogens with one attached hydrogen (secondary N) is 1. The third kappa shape index (κ3) is 7.80. The normalized spacial score (nSPS) is 12.0. The highest BCUT2D eigenvalue weighted by atomic mass is 127. The number of aliphatic imine (C=N–C) groups is 1. The summed E-state index contributed by atoms with van der Waals surface area (Å²) in [5, 5.41) is 3.27. The van der Waals surface area contributed by atoms with Crippen molar-refractivity contribution in [2.45, 2.75) is 19.9 Å². The summed E-state index contributed by atoms with van der Waals surface area (Å²) < 4.78 is 24.7. The molecule has 0 atom stereocenters. The van der Waals surface area contributed by atoms with E-state index >= 15 is 0 Å². The van der Waals surface area contributed by atoms with Gasteiger partial charge in [-0.1, -0.05) is 30.3 Å². The number of benzene rings is 1. The van der Waals surface area contributed by atoms with Crippen LogP contribution in [0.1, 0.15) is 18.9 Å². The summed E-state index contributed by atoms with van der Waals surface area (Å²) in [5.74, 6) is 0.938. The van der Waals surface area contributed by atoms with Crippen molar-refractivity contribution >= 4 is 40.0 Å². The van der Waals surface area contributed by atoms with E-state index in [2.05, 4.69) is 22.4 Å². The van der Waals surface area contributed by atoms with Crippen LogP contribution in [0.4, 0.5) is 0 Å². The Hall–Kier alpha value is -0.870. The molecule has 1 rings (SSSR count). The fourth-order valence-electron chi connectivity index (χ4n) is 2.18. The van der Waals surface area contributed by atoms with Crippen molar-refractivity contribution in [1.82, 2.24) is 14.5 Å². The summed E-state index contributed by atoms with van der Waals surface area (Å²) in [6, 6.07) is 10.2. The maximum atomic E-state index is 11.7. The van der Waals surface area contributed by atoms with E-state index in [0.717, 1.165) is 18.9 Å². The predicted octanol–water partition coefficient (Wildman–Crippen LogP) is 1.98. The van der Waals surface area contributed by atoms with Crippen molar-refractivity contribution in [1.29, 1.82) is 0 Å². The van der Waals surface area contributed by atoms with Crippen molar-refractivity contribution in [3.05, 3.63) is 35.9 Å². The monoisotopic (exact) mass is 468 g/mol. The molecule has 0 amide bonds. The molecule has 138 valence electrons. The minimum Gasteiger partial charge on any atom is -0.356 e. The molecule has 24 heavy (non-hydrogen) atoms. The van der Waals surface area contributed by atoms with Crippen LogP contribution in [0.5, 0.6) is 0 Å². The first-order chi connectivity index (χ1) is 10.9. The van der Waals surface area contributed by atoms with Gasteiger partial charge in [0.1, 0.15) is 0 Å². The van der Waals surface area contributed by atoms with Crippen LogP contribution in [0.15, 0.2) is 35.3 Å². The third-order valence-electron chi connectivity index (χ3n) is 3.61. The first-order valence-corrected chi connectivity index (χ1v) is 9.41. The lowest BCUT2D eigenvalue weighted by Crippen LogP contribution is -2.40. The van der Waals surface area contributed by atoms with Gasteiger partial charge in [-0.15, -0.1) is 24.0 Å². The molecule has 0 spiro atoms. The summed E-state index contributed by atoms with van der Waals surface area (Å²) in [4.78, 5) is 6.31. The number of hydrogen-bond donors (Lipinski definition) is 1. The Balaban J connectivity index is 0.00000529. The molecule has 0 aliphatic heterocycles. The lowest BCUT2D eigenvalue weighted by Gasteiger charge is -2.23. The zero-order valence-corrected chi connectivity index (χ0v) is 18.0. The van der Waals surface area contributed by atoms with E-state index in [1.807, 2.05) is 30.1 Å². The van der Waals surface area contributed by atoms with Crippen molar-refractivity contribution in [3.8, 4) is 0 Å². The third-order valence-corrected chi connectivity index (χ3v) is 5.47. The molecule has 6 nitrogen and oxygen atoms in total. The summed E-state index contributed by atoms with van der Waals surface area (Å²) in [5.41, 5.74) is 1.21. The van der Waals surface area contributed by atoms with Gasteiger partial charge in [0.2, 0.25) is 10.0 Å². The van der Waals surface area contributed by atoms with E-state index in [1.54, 1.807) is 21.0 Å². The van der Waals surface area contributed by atoms with Crippen LogP contribution in [-0.2, 0) is 16.6 Å². The van der Waals surface area contributed by atoms with Crippen LogP contribution < -0.4 is 5.32 Å². The highest BCUT2D eigenvalue weighted by Crippen LogP contribution is 2.03. The fraction of sp³-hybridized carbons (Fsp3) is 0.562. The van der Waals surface area contributed by atoms with Crippen molar-refractivity contribution in [3.63, 3.8) is 0 Å². The number of halogens is 1. The molecule has 0 aromatic heterocycles. The Kier molecular flexibility index (Phi) is 11.2. The molecule has 1 aromatic rings. The Morgan fingerprint density at radius 1 is 1.21 bits per heavy atom. The molecule has 8 heteroatoms. The zero-order chi connectivity index (χ0) is 17.3. The van der Waals surface area contributed by atoms with Gasteiger partial charge in [-0.2, -0.15) is 0 Å². The molecular weight excluding hydrogens is 439 g/mol. The topological polar surface area (TPSA) is 65.0 Å². The molecule has 0 aliphatic carbocycles. The number of rotatable bonds is 8. The number of hydrogen-bond acceptors (Lipinski definition) is 3. The van der Waals surface area contributed by atoms with Crippen molar-refractivity contribution in [2.24, 2.45) is 4.99 Å². The van der Waals surface area contributed by atoms with E-state index in [1.165, 1.54) is 9.87 Å². The number of sulfonamides is 1. The number of guanidine groups is 1. The molecule has 1 N–H and O–H groups in total. The van der Waals surface area contributed by atoms with E-state index < -0.39 is 10.0 Å². The first kappa shape index (κ1) is 23.1. The van der Waals surface area contributed by atoms with E-state index in [-0.39, 0.29) is 29.7 Å². The molecule has 0 bridgehead atoms. The average molecular weight is 468 g/mol. The van der Waals surface area contributed by atoms with Crippen molar-refractivity contribution < 1.29 is 8.42 Å². The molecule has 0 saturated carbocycles. The Morgan fingerprint density at radius 2 is 1.83 bits per heavy atom. The average Bonchev–Trinajstić information content (AvgIpc) is 2.55. The minimum absolute atomic E-state index is 0. The van der Waals surface area contributed by atoms with Crippen LogP contribution in [0, 0.1) is 0 Å². The Bertz CT molecular complexity index is 593. The maximum absolute atomic E-state index is 11.7. The molecule has 0 unspecified atom stereocenters. The summed E-state index contributed by atoms with van der Waals surface area (Å²) >= 11 is 0. The molecule has 0 radical (unpaired) electrons. The molecule has 0 aliphatic rings. The van der Waals surface area contributed by atoms with Gasteiger partial charge in [0.15, 0.2) is 5.96 Å². The standard InChI is InChI=1S/C16H28N4O2S.HI/c1-5-23(21,22)20(4)13-9-12-18-16(17-2)19(3)14-15-10-7-6-8-11-15;/h6-8,10-11H,5,9,12-14H2,1-4H3,(H,17,18);1H. The summed E-state index contributed by atoms with van der Waals surface area (Å²) in [6.45, 7) is 3.60. The van der Waals surface area contributed by atoms with Crippen LogP contribution in [0.25, 0.3) is 0 Å². The van der Waals surface area contributed by atoms with Crippen LogP contribution >= 0.6 is 24.0 Å². The van der Waals surface area contributed by atoms with Gasteiger partial charge in [0.25, 0.3) is 0 Å². The molecular formula is C16H29IN4O2S. The van der Waals surface area contributed by atoms with Gasteiger partial charge in [-0.25, -0.2) is 12.7 Å². The highest BCUT2D eigenvalue weighted by Gasteiger charge is 2.14. The zero-order valence-electron chi connectivity index (χ0n) is 14.9. The lowest BCUT2D eigenvalue weighted by atomic mass is 10.2. The van der Waals surface area contributed by atoms with Crippen LogP contribution in [0.3, 0.4) is 0 Å². The molecule has 1 aromatic carbocycles. The van der Waals surface area contributed by atoms with Gasteiger partial charge in [0, 0.05) is 40.8 Å². The first-order valence-electron chi connectivity index (χ1n) is 7.80. The fourth-order valence-corrected chi connectivity index (χ4v) is 3.03. The molecule has 0 heterocycles. The molecule has 0 fully saturated rings. The smallest absolute Gasteiger partial charge is 0.213 e.